The minimum Gasteiger partial charge on any atom is -0.370 e. The molecule has 0 radical (unpaired) electrons. The van der Waals surface area contributed by atoms with E-state index in [9.17, 15) is 4.79 Å². The molecule has 0 atom stereocenters. The Bertz CT molecular complexity index is 765. The number of hydrogen-bond donors (Lipinski definition) is 2. The van der Waals surface area contributed by atoms with Gasteiger partial charge in [0.1, 0.15) is 5.82 Å². The third-order valence-electron chi connectivity index (χ3n) is 5.01. The second-order valence-corrected chi connectivity index (χ2v) is 6.95. The quantitative estimate of drug-likeness (QED) is 0.880. The van der Waals surface area contributed by atoms with E-state index >= 15 is 0 Å². The number of carbonyl (C=O) groups excluding carboxylic acids is 1. The summed E-state index contributed by atoms with van der Waals surface area (Å²) in [4.78, 5) is 14.5. The largest absolute Gasteiger partial charge is 0.370 e. The number of aromatic nitrogens is 2. The van der Waals surface area contributed by atoms with Gasteiger partial charge in [0.2, 0.25) is 0 Å². The van der Waals surface area contributed by atoms with Crippen molar-refractivity contribution < 1.29 is 4.79 Å². The highest BCUT2D eigenvalue weighted by atomic mass is 16.2. The van der Waals surface area contributed by atoms with Crippen LogP contribution in [-0.2, 0) is 13.5 Å². The predicted octanol–water partition coefficient (Wildman–Crippen LogP) is 2.87. The molecule has 0 saturated heterocycles. The van der Waals surface area contributed by atoms with Gasteiger partial charge in [0.15, 0.2) is 0 Å². The molecular weight excluding hydrogens is 314 g/mol. The lowest BCUT2D eigenvalue weighted by molar-refractivity contribution is 0.252. The number of aryl methyl sites for hydroxylation is 2. The fraction of sp³-hybridized carbons (Fsp3) is 0.474. The number of rotatable bonds is 5. The Hall–Kier alpha value is -2.50. The maximum Gasteiger partial charge on any atom is 0.320 e. The molecule has 0 spiro atoms. The summed E-state index contributed by atoms with van der Waals surface area (Å²) in [6.45, 7) is 2.49. The van der Waals surface area contributed by atoms with Crippen LogP contribution in [0.3, 0.4) is 0 Å². The number of fused-ring (bicyclic) bond motifs is 1. The van der Waals surface area contributed by atoms with Gasteiger partial charge in [-0.05, 0) is 37.3 Å². The summed E-state index contributed by atoms with van der Waals surface area (Å²) in [5.41, 5.74) is 3.79. The van der Waals surface area contributed by atoms with Gasteiger partial charge in [0.05, 0.1) is 5.69 Å². The Morgan fingerprint density at radius 1 is 1.32 bits per heavy atom. The molecule has 1 aromatic heterocycles. The van der Waals surface area contributed by atoms with Gasteiger partial charge in [-0.15, -0.1) is 0 Å². The van der Waals surface area contributed by atoms with Crippen LogP contribution in [0.2, 0.25) is 0 Å². The number of para-hydroxylation sites is 1. The molecule has 2 N–H and O–H groups in total. The minimum atomic E-state index is -0.171. The molecule has 1 aliphatic carbocycles. The maximum absolute atomic E-state index is 12.2. The van der Waals surface area contributed by atoms with Crippen molar-refractivity contribution in [2.45, 2.75) is 31.6 Å². The van der Waals surface area contributed by atoms with E-state index in [1.54, 1.807) is 4.68 Å². The van der Waals surface area contributed by atoms with Gasteiger partial charge in [0.25, 0.3) is 0 Å². The van der Waals surface area contributed by atoms with Gasteiger partial charge in [-0.1, -0.05) is 18.2 Å². The topological polar surface area (TPSA) is 62.2 Å². The van der Waals surface area contributed by atoms with Crippen LogP contribution in [0, 0.1) is 0 Å². The first kappa shape index (κ1) is 16.0. The van der Waals surface area contributed by atoms with Crippen molar-refractivity contribution in [3.63, 3.8) is 0 Å². The van der Waals surface area contributed by atoms with E-state index in [4.69, 9.17) is 0 Å². The van der Waals surface area contributed by atoms with Crippen LogP contribution in [0.5, 0.6) is 0 Å². The van der Waals surface area contributed by atoms with Crippen molar-refractivity contribution in [3.05, 3.63) is 41.6 Å². The molecule has 4 rings (SSSR count). The van der Waals surface area contributed by atoms with Crippen LogP contribution in [0.1, 0.15) is 36.4 Å². The molecule has 0 bridgehead atoms. The minimum absolute atomic E-state index is 0.171. The van der Waals surface area contributed by atoms with Gasteiger partial charge in [-0.3, -0.25) is 10.00 Å². The van der Waals surface area contributed by atoms with E-state index in [-0.39, 0.29) is 6.03 Å². The van der Waals surface area contributed by atoms with Crippen molar-refractivity contribution >= 4 is 17.5 Å². The van der Waals surface area contributed by atoms with E-state index in [2.05, 4.69) is 44.9 Å². The smallest absolute Gasteiger partial charge is 0.320 e. The van der Waals surface area contributed by atoms with E-state index in [1.807, 2.05) is 13.1 Å². The number of benzene rings is 1. The molecule has 2 heterocycles. The highest BCUT2D eigenvalue weighted by Gasteiger charge is 2.27. The average molecular weight is 339 g/mol. The van der Waals surface area contributed by atoms with Gasteiger partial charge in [-0.25, -0.2) is 4.79 Å². The Balaban J connectivity index is 1.28. The summed E-state index contributed by atoms with van der Waals surface area (Å²) in [5, 5.41) is 10.3. The van der Waals surface area contributed by atoms with Crippen molar-refractivity contribution in [2.24, 2.45) is 7.05 Å². The van der Waals surface area contributed by atoms with E-state index in [0.717, 1.165) is 31.0 Å². The summed E-state index contributed by atoms with van der Waals surface area (Å²) in [6, 6.07) is 10.4. The fourth-order valence-electron chi connectivity index (χ4n) is 3.49. The van der Waals surface area contributed by atoms with Gasteiger partial charge in [-0.2, -0.15) is 5.10 Å². The van der Waals surface area contributed by atoms with E-state index < -0.39 is 0 Å². The Labute approximate surface area is 148 Å². The first-order chi connectivity index (χ1) is 12.2. The molecular formula is C19H25N5O. The Morgan fingerprint density at radius 2 is 2.16 bits per heavy atom. The zero-order valence-corrected chi connectivity index (χ0v) is 14.7. The lowest BCUT2D eigenvalue weighted by Gasteiger charge is -2.31. The van der Waals surface area contributed by atoms with Crippen molar-refractivity contribution in [3.8, 4) is 0 Å². The summed E-state index contributed by atoms with van der Waals surface area (Å²) in [5.74, 6) is 1.34. The molecule has 6 heteroatoms. The fourth-order valence-corrected chi connectivity index (χ4v) is 3.49. The number of nitrogens with zero attached hydrogens (tertiary/aromatic N) is 3. The van der Waals surface area contributed by atoms with Gasteiger partial charge < -0.3 is 10.2 Å². The highest BCUT2D eigenvalue weighted by Crippen LogP contribution is 2.39. The van der Waals surface area contributed by atoms with Crippen LogP contribution >= 0.6 is 0 Å². The van der Waals surface area contributed by atoms with Crippen LogP contribution in [0.25, 0.3) is 0 Å². The lowest BCUT2D eigenvalue weighted by Crippen LogP contribution is -2.39. The number of carbonyl (C=O) groups is 1. The summed E-state index contributed by atoms with van der Waals surface area (Å²) in [6.07, 6.45) is 4.73. The second kappa shape index (κ2) is 6.78. The molecule has 2 aliphatic rings. The van der Waals surface area contributed by atoms with Crippen LogP contribution in [-0.4, -0.2) is 35.4 Å². The molecule has 1 aromatic carbocycles. The molecule has 2 amide bonds. The van der Waals surface area contributed by atoms with Gasteiger partial charge in [0, 0.05) is 44.4 Å². The highest BCUT2D eigenvalue weighted by molar-refractivity contribution is 5.88. The predicted molar refractivity (Wildman–Crippen MR) is 99.2 cm³/mol. The van der Waals surface area contributed by atoms with Crippen molar-refractivity contribution in [1.82, 2.24) is 15.1 Å². The molecule has 6 nitrogen and oxygen atoms in total. The Kier molecular flexibility index (Phi) is 4.34. The number of nitrogens with one attached hydrogen (secondary N) is 2. The third-order valence-corrected chi connectivity index (χ3v) is 5.01. The summed E-state index contributed by atoms with van der Waals surface area (Å²) >= 11 is 0. The standard InChI is InChI=1S/C19H25N5O/c1-23-18(13-16(22-23)14-8-9-14)21-19(25)20-10-12-24-11-4-6-15-5-2-3-7-17(15)24/h2-3,5,7,13-14H,4,6,8-12H2,1H3,(H2,20,21,25). The van der Waals surface area contributed by atoms with E-state index in [1.165, 1.54) is 30.5 Å². The molecule has 1 saturated carbocycles. The average Bonchev–Trinajstić information content (AvgIpc) is 3.40. The third kappa shape index (κ3) is 3.62. The second-order valence-electron chi connectivity index (χ2n) is 6.95. The monoisotopic (exact) mass is 339 g/mol. The molecule has 1 aliphatic heterocycles. The van der Waals surface area contributed by atoms with Gasteiger partial charge >= 0.3 is 6.03 Å². The first-order valence-corrected chi connectivity index (χ1v) is 9.12. The Morgan fingerprint density at radius 3 is 3.00 bits per heavy atom. The molecule has 0 unspecified atom stereocenters. The summed E-state index contributed by atoms with van der Waals surface area (Å²) in [7, 11) is 1.87. The zero-order valence-electron chi connectivity index (χ0n) is 14.7. The normalized spacial score (nSPS) is 16.4. The van der Waals surface area contributed by atoms with E-state index in [0.29, 0.717) is 12.5 Å². The number of urea groups is 1. The number of amides is 2. The molecule has 1 fully saturated rings. The number of anilines is 2. The van der Waals surface area contributed by atoms with Crippen molar-refractivity contribution in [1.29, 1.82) is 0 Å². The lowest BCUT2D eigenvalue weighted by atomic mass is 10.0. The molecule has 2 aromatic rings. The molecule has 132 valence electrons. The van der Waals surface area contributed by atoms with Crippen molar-refractivity contribution in [2.75, 3.05) is 29.9 Å². The first-order valence-electron chi connectivity index (χ1n) is 9.12. The maximum atomic E-state index is 12.2. The molecule has 25 heavy (non-hydrogen) atoms. The van der Waals surface area contributed by atoms with Crippen LogP contribution < -0.4 is 15.5 Å². The van der Waals surface area contributed by atoms with Crippen LogP contribution in [0.15, 0.2) is 30.3 Å². The summed E-state index contributed by atoms with van der Waals surface area (Å²) < 4.78 is 1.74. The SMILES string of the molecule is Cn1nc(C2CC2)cc1NC(=O)NCCN1CCCc2ccccc21. The number of hydrogen-bond acceptors (Lipinski definition) is 3. The van der Waals surface area contributed by atoms with Crippen LogP contribution in [0.4, 0.5) is 16.3 Å². The zero-order chi connectivity index (χ0) is 17.2.